The Bertz CT molecular complexity index is 527. The molecule has 0 radical (unpaired) electrons. The molecule has 0 aromatic heterocycles. The zero-order valence-corrected chi connectivity index (χ0v) is 14.6. The van der Waals surface area contributed by atoms with Crippen molar-refractivity contribution in [1.29, 1.82) is 0 Å². The summed E-state index contributed by atoms with van der Waals surface area (Å²) in [6.07, 6.45) is 18.1. The molecule has 3 nitrogen and oxygen atoms in total. The first-order valence-corrected chi connectivity index (χ1v) is 10.3. The van der Waals surface area contributed by atoms with E-state index in [4.69, 9.17) is 9.47 Å². The number of hydrogen-bond acceptors (Lipinski definition) is 3. The van der Waals surface area contributed by atoms with Gasteiger partial charge in [0.05, 0.1) is 6.10 Å². The molecular weight excluding hydrogens is 300 g/mol. The Morgan fingerprint density at radius 3 is 2.46 bits per heavy atom. The highest BCUT2D eigenvalue weighted by atomic mass is 16.6. The third-order valence-electron chi connectivity index (χ3n) is 7.61. The van der Waals surface area contributed by atoms with Gasteiger partial charge in [0, 0.05) is 0 Å². The molecule has 5 atom stereocenters. The second-order valence-corrected chi connectivity index (χ2v) is 8.99. The standard InChI is InChI=1S/C21H30O3/c22-20(19-18(23-19)17-13-14-8-9-15(17)12-14)24-21(10-4-5-11-21)16-6-2-1-3-7-16/h8-9,14-19H,1-7,10-13H2. The first kappa shape index (κ1) is 15.4. The monoisotopic (exact) mass is 330 g/mol. The van der Waals surface area contributed by atoms with Gasteiger partial charge < -0.3 is 9.47 Å². The molecule has 5 aliphatic rings. The van der Waals surface area contributed by atoms with Gasteiger partial charge in [-0.15, -0.1) is 0 Å². The third-order valence-corrected chi connectivity index (χ3v) is 7.61. The normalized spacial score (nSPS) is 43.2. The van der Waals surface area contributed by atoms with Gasteiger partial charge >= 0.3 is 5.97 Å². The van der Waals surface area contributed by atoms with Crippen LogP contribution in [0.3, 0.4) is 0 Å². The number of allylic oxidation sites excluding steroid dienone is 2. The smallest absolute Gasteiger partial charge is 0.338 e. The molecule has 132 valence electrons. The molecule has 0 aromatic carbocycles. The van der Waals surface area contributed by atoms with Crippen LogP contribution in [-0.2, 0) is 14.3 Å². The number of epoxide rings is 1. The first-order valence-electron chi connectivity index (χ1n) is 10.3. The van der Waals surface area contributed by atoms with Gasteiger partial charge in [-0.25, -0.2) is 4.79 Å². The van der Waals surface area contributed by atoms with Crippen LogP contribution in [0.15, 0.2) is 12.2 Å². The molecule has 4 aliphatic carbocycles. The van der Waals surface area contributed by atoms with Crippen molar-refractivity contribution in [2.24, 2.45) is 23.7 Å². The summed E-state index contributed by atoms with van der Waals surface area (Å²) in [6.45, 7) is 0. The number of carbonyl (C=O) groups excluding carboxylic acids is 1. The van der Waals surface area contributed by atoms with Crippen LogP contribution in [-0.4, -0.2) is 23.8 Å². The van der Waals surface area contributed by atoms with Crippen molar-refractivity contribution in [2.75, 3.05) is 0 Å². The summed E-state index contributed by atoms with van der Waals surface area (Å²) in [7, 11) is 0. The zero-order chi connectivity index (χ0) is 16.1. The van der Waals surface area contributed by atoms with Gasteiger partial charge in [0.15, 0.2) is 6.10 Å². The summed E-state index contributed by atoms with van der Waals surface area (Å²) in [5.74, 6) is 2.51. The Kier molecular flexibility index (Phi) is 3.77. The van der Waals surface area contributed by atoms with Crippen LogP contribution in [0.2, 0.25) is 0 Å². The van der Waals surface area contributed by atoms with Gasteiger partial charge in [0.25, 0.3) is 0 Å². The van der Waals surface area contributed by atoms with Gasteiger partial charge in [-0.3, -0.25) is 0 Å². The van der Waals surface area contributed by atoms with Crippen LogP contribution in [0.5, 0.6) is 0 Å². The summed E-state index contributed by atoms with van der Waals surface area (Å²) in [5, 5.41) is 0. The molecule has 5 rings (SSSR count). The number of fused-ring (bicyclic) bond motifs is 2. The lowest BCUT2D eigenvalue weighted by Gasteiger charge is -2.39. The first-order chi connectivity index (χ1) is 11.8. The third kappa shape index (κ3) is 2.55. The zero-order valence-electron chi connectivity index (χ0n) is 14.6. The minimum Gasteiger partial charge on any atom is -0.457 e. The van der Waals surface area contributed by atoms with Gasteiger partial charge in [-0.1, -0.05) is 31.4 Å². The Morgan fingerprint density at radius 2 is 1.79 bits per heavy atom. The van der Waals surface area contributed by atoms with Crippen molar-refractivity contribution < 1.29 is 14.3 Å². The number of ether oxygens (including phenoxy) is 2. The number of carbonyl (C=O) groups is 1. The molecule has 0 amide bonds. The Labute approximate surface area is 145 Å². The van der Waals surface area contributed by atoms with Crippen LogP contribution in [0, 0.1) is 23.7 Å². The molecule has 24 heavy (non-hydrogen) atoms. The predicted octanol–water partition coefficient (Wildman–Crippen LogP) is 4.40. The minimum absolute atomic E-state index is 0.0424. The maximum absolute atomic E-state index is 12.8. The summed E-state index contributed by atoms with van der Waals surface area (Å²) < 4.78 is 12.1. The lowest BCUT2D eigenvalue weighted by molar-refractivity contribution is -0.169. The van der Waals surface area contributed by atoms with E-state index in [2.05, 4.69) is 12.2 Å². The van der Waals surface area contributed by atoms with Crippen LogP contribution in [0.25, 0.3) is 0 Å². The lowest BCUT2D eigenvalue weighted by Crippen LogP contribution is -2.42. The molecule has 0 N–H and O–H groups in total. The van der Waals surface area contributed by atoms with Crippen molar-refractivity contribution in [1.82, 2.24) is 0 Å². The molecule has 2 bridgehead atoms. The Balaban J connectivity index is 1.23. The van der Waals surface area contributed by atoms with Crippen molar-refractivity contribution in [2.45, 2.75) is 88.4 Å². The maximum atomic E-state index is 12.8. The molecule has 1 aliphatic heterocycles. The van der Waals surface area contributed by atoms with E-state index in [-0.39, 0.29) is 23.8 Å². The van der Waals surface area contributed by atoms with Gasteiger partial charge in [-0.2, -0.15) is 0 Å². The molecule has 1 heterocycles. The van der Waals surface area contributed by atoms with E-state index in [1.165, 1.54) is 57.8 Å². The van der Waals surface area contributed by atoms with E-state index in [0.29, 0.717) is 17.8 Å². The fourth-order valence-corrected chi connectivity index (χ4v) is 6.29. The average Bonchev–Trinajstić information content (AvgIpc) is 2.96. The van der Waals surface area contributed by atoms with Crippen LogP contribution >= 0.6 is 0 Å². The lowest BCUT2D eigenvalue weighted by atomic mass is 9.75. The van der Waals surface area contributed by atoms with Crippen molar-refractivity contribution in [3.05, 3.63) is 12.2 Å². The molecule has 4 fully saturated rings. The van der Waals surface area contributed by atoms with E-state index >= 15 is 0 Å². The molecule has 3 heteroatoms. The second-order valence-electron chi connectivity index (χ2n) is 8.99. The van der Waals surface area contributed by atoms with Gasteiger partial charge in [-0.05, 0) is 75.0 Å². The minimum atomic E-state index is -0.260. The number of hydrogen-bond donors (Lipinski definition) is 0. The van der Waals surface area contributed by atoms with Crippen molar-refractivity contribution in [3.63, 3.8) is 0 Å². The molecular formula is C21H30O3. The quantitative estimate of drug-likeness (QED) is 0.435. The van der Waals surface area contributed by atoms with E-state index < -0.39 is 0 Å². The van der Waals surface area contributed by atoms with Gasteiger partial charge in [0.2, 0.25) is 0 Å². The van der Waals surface area contributed by atoms with E-state index in [0.717, 1.165) is 18.8 Å². The summed E-state index contributed by atoms with van der Waals surface area (Å²) in [6, 6.07) is 0. The topological polar surface area (TPSA) is 38.8 Å². The highest BCUT2D eigenvalue weighted by Crippen LogP contribution is 2.51. The molecule has 1 saturated heterocycles. The van der Waals surface area contributed by atoms with E-state index in [1.54, 1.807) is 0 Å². The SMILES string of the molecule is O=C(OC1(C2CCCCC2)CCCC1)C1OC1C1CC2C=CC1C2. The molecule has 0 aromatic rings. The average molecular weight is 330 g/mol. The predicted molar refractivity (Wildman–Crippen MR) is 91.4 cm³/mol. The van der Waals surface area contributed by atoms with E-state index in [9.17, 15) is 4.79 Å². The fourth-order valence-electron chi connectivity index (χ4n) is 6.29. The molecule has 3 saturated carbocycles. The Hall–Kier alpha value is -0.830. The highest BCUT2D eigenvalue weighted by molar-refractivity contribution is 5.78. The Morgan fingerprint density at radius 1 is 1.00 bits per heavy atom. The molecule has 0 spiro atoms. The van der Waals surface area contributed by atoms with Gasteiger partial charge in [0.1, 0.15) is 5.60 Å². The second kappa shape index (κ2) is 5.86. The van der Waals surface area contributed by atoms with E-state index in [1.807, 2.05) is 0 Å². The van der Waals surface area contributed by atoms with Crippen molar-refractivity contribution in [3.8, 4) is 0 Å². The van der Waals surface area contributed by atoms with Crippen molar-refractivity contribution >= 4 is 5.97 Å². The number of rotatable bonds is 4. The highest BCUT2D eigenvalue weighted by Gasteiger charge is 2.57. The largest absolute Gasteiger partial charge is 0.457 e. The maximum Gasteiger partial charge on any atom is 0.338 e. The summed E-state index contributed by atoms with van der Waals surface area (Å²) >= 11 is 0. The fraction of sp³-hybridized carbons (Fsp3) is 0.857. The number of esters is 1. The van der Waals surface area contributed by atoms with Crippen LogP contribution in [0.4, 0.5) is 0 Å². The van der Waals surface area contributed by atoms with Crippen LogP contribution in [0.1, 0.15) is 70.6 Å². The molecule has 5 unspecified atom stereocenters. The summed E-state index contributed by atoms with van der Waals surface area (Å²) in [5.41, 5.74) is -0.150. The summed E-state index contributed by atoms with van der Waals surface area (Å²) in [4.78, 5) is 12.8. The van der Waals surface area contributed by atoms with Crippen LogP contribution < -0.4 is 0 Å².